The molecular formula is C18H23N3O2. The maximum Gasteiger partial charge on any atom is 0.321 e. The molecule has 0 saturated carbocycles. The van der Waals surface area contributed by atoms with Gasteiger partial charge in [0, 0.05) is 19.5 Å². The van der Waals surface area contributed by atoms with Crippen LogP contribution in [0.5, 0.6) is 0 Å². The number of nitrogens with zero attached hydrogens (tertiary/aromatic N) is 1. The van der Waals surface area contributed by atoms with E-state index in [1.165, 1.54) is 0 Å². The number of anilines is 2. The lowest BCUT2D eigenvalue weighted by Crippen LogP contribution is -2.32. The minimum absolute atomic E-state index is 0.00979. The van der Waals surface area contributed by atoms with Crippen molar-refractivity contribution in [1.29, 1.82) is 0 Å². The summed E-state index contributed by atoms with van der Waals surface area (Å²) in [6, 6.07) is 7.26. The second-order valence-corrected chi connectivity index (χ2v) is 6.19. The van der Waals surface area contributed by atoms with E-state index < -0.39 is 0 Å². The normalized spacial score (nSPS) is 19.8. The average Bonchev–Trinajstić information content (AvgIpc) is 3.22. The van der Waals surface area contributed by atoms with Crippen molar-refractivity contribution >= 4 is 23.3 Å². The fourth-order valence-corrected chi connectivity index (χ4v) is 3.12. The Hall–Kier alpha value is -2.30. The van der Waals surface area contributed by atoms with E-state index in [1.807, 2.05) is 29.2 Å². The Morgan fingerprint density at radius 2 is 1.78 bits per heavy atom. The van der Waals surface area contributed by atoms with Gasteiger partial charge in [-0.1, -0.05) is 24.3 Å². The molecule has 0 aromatic heterocycles. The molecule has 1 atom stereocenters. The van der Waals surface area contributed by atoms with Crippen LogP contribution in [-0.2, 0) is 4.79 Å². The molecule has 1 heterocycles. The van der Waals surface area contributed by atoms with Crippen molar-refractivity contribution in [2.24, 2.45) is 5.92 Å². The van der Waals surface area contributed by atoms with E-state index in [2.05, 4.69) is 22.8 Å². The van der Waals surface area contributed by atoms with Gasteiger partial charge in [-0.15, -0.1) is 0 Å². The Labute approximate surface area is 136 Å². The summed E-state index contributed by atoms with van der Waals surface area (Å²) in [6.45, 7) is 1.60. The van der Waals surface area contributed by atoms with Gasteiger partial charge in [0.2, 0.25) is 5.91 Å². The summed E-state index contributed by atoms with van der Waals surface area (Å²) in [4.78, 5) is 26.2. The van der Waals surface area contributed by atoms with Crippen LogP contribution in [-0.4, -0.2) is 29.9 Å². The zero-order valence-electron chi connectivity index (χ0n) is 13.3. The van der Waals surface area contributed by atoms with Gasteiger partial charge < -0.3 is 15.5 Å². The van der Waals surface area contributed by atoms with Crippen LogP contribution in [0, 0.1) is 5.92 Å². The van der Waals surface area contributed by atoms with E-state index >= 15 is 0 Å². The lowest BCUT2D eigenvalue weighted by molar-refractivity contribution is -0.116. The first-order valence-electron chi connectivity index (χ1n) is 8.34. The zero-order valence-corrected chi connectivity index (χ0v) is 13.3. The Kier molecular flexibility index (Phi) is 4.95. The summed E-state index contributed by atoms with van der Waals surface area (Å²) >= 11 is 0. The Balaban J connectivity index is 1.61. The number of para-hydroxylation sites is 2. The van der Waals surface area contributed by atoms with Crippen LogP contribution >= 0.6 is 0 Å². The number of likely N-dealkylation sites (tertiary alicyclic amines) is 1. The van der Waals surface area contributed by atoms with Gasteiger partial charge in [-0.3, -0.25) is 4.79 Å². The van der Waals surface area contributed by atoms with Gasteiger partial charge in [0.15, 0.2) is 0 Å². The number of hydrogen-bond acceptors (Lipinski definition) is 2. The van der Waals surface area contributed by atoms with Crippen LogP contribution < -0.4 is 10.6 Å². The number of benzene rings is 1. The van der Waals surface area contributed by atoms with Crippen molar-refractivity contribution < 1.29 is 9.59 Å². The van der Waals surface area contributed by atoms with Crippen LogP contribution in [0.1, 0.15) is 32.1 Å². The molecule has 2 N–H and O–H groups in total. The van der Waals surface area contributed by atoms with E-state index in [4.69, 9.17) is 0 Å². The highest BCUT2D eigenvalue weighted by Gasteiger charge is 2.19. The highest BCUT2D eigenvalue weighted by Crippen LogP contribution is 2.25. The lowest BCUT2D eigenvalue weighted by atomic mass is 10.0. The summed E-state index contributed by atoms with van der Waals surface area (Å²) in [5, 5.41) is 5.84. The van der Waals surface area contributed by atoms with E-state index in [1.54, 1.807) is 0 Å². The maximum atomic E-state index is 12.2. The van der Waals surface area contributed by atoms with Gasteiger partial charge in [-0.2, -0.15) is 0 Å². The predicted octanol–water partition coefficient (Wildman–Crippen LogP) is 3.61. The van der Waals surface area contributed by atoms with Gasteiger partial charge in [-0.05, 0) is 43.7 Å². The van der Waals surface area contributed by atoms with Crippen molar-refractivity contribution in [3.63, 3.8) is 0 Å². The first-order chi connectivity index (χ1) is 11.2. The molecule has 0 radical (unpaired) electrons. The third kappa shape index (κ3) is 4.12. The molecule has 0 unspecified atom stereocenters. The fourth-order valence-electron chi connectivity index (χ4n) is 3.12. The molecule has 1 saturated heterocycles. The molecule has 5 nitrogen and oxygen atoms in total. The minimum Gasteiger partial charge on any atom is -0.325 e. The van der Waals surface area contributed by atoms with Gasteiger partial charge in [0.05, 0.1) is 11.4 Å². The van der Waals surface area contributed by atoms with E-state index in [-0.39, 0.29) is 11.9 Å². The van der Waals surface area contributed by atoms with Crippen LogP contribution in [0.3, 0.4) is 0 Å². The standard InChI is InChI=1S/C18H23N3O2/c22-17(13-14-7-1-2-8-14)19-15-9-3-4-10-16(15)20-18(23)21-11-5-6-12-21/h1,3-4,7,9-10,14H,2,5-6,8,11-13H2,(H,19,22)(H,20,23)/t14-/m1/s1. The highest BCUT2D eigenvalue weighted by atomic mass is 16.2. The predicted molar refractivity (Wildman–Crippen MR) is 91.4 cm³/mol. The van der Waals surface area contributed by atoms with E-state index in [0.717, 1.165) is 38.8 Å². The van der Waals surface area contributed by atoms with Crippen molar-refractivity contribution in [1.82, 2.24) is 4.90 Å². The summed E-state index contributed by atoms with van der Waals surface area (Å²) in [6.07, 6.45) is 8.94. The highest BCUT2D eigenvalue weighted by molar-refractivity contribution is 5.99. The molecule has 3 amide bonds. The quantitative estimate of drug-likeness (QED) is 0.834. The molecular weight excluding hydrogens is 290 g/mol. The third-order valence-electron chi connectivity index (χ3n) is 4.40. The minimum atomic E-state index is -0.0945. The second kappa shape index (κ2) is 7.31. The summed E-state index contributed by atoms with van der Waals surface area (Å²) < 4.78 is 0. The molecule has 5 heteroatoms. The van der Waals surface area contributed by atoms with Crippen molar-refractivity contribution in [3.8, 4) is 0 Å². The fraction of sp³-hybridized carbons (Fsp3) is 0.444. The number of urea groups is 1. The van der Waals surface area contributed by atoms with Crippen molar-refractivity contribution in [2.75, 3.05) is 23.7 Å². The molecule has 1 aromatic carbocycles. The molecule has 0 spiro atoms. The molecule has 23 heavy (non-hydrogen) atoms. The Morgan fingerprint density at radius 3 is 2.43 bits per heavy atom. The number of rotatable bonds is 4. The second-order valence-electron chi connectivity index (χ2n) is 6.19. The monoisotopic (exact) mass is 313 g/mol. The van der Waals surface area contributed by atoms with Gasteiger partial charge >= 0.3 is 6.03 Å². The Morgan fingerprint density at radius 1 is 1.09 bits per heavy atom. The van der Waals surface area contributed by atoms with Crippen LogP contribution in [0.2, 0.25) is 0 Å². The summed E-state index contributed by atoms with van der Waals surface area (Å²) in [5.74, 6) is 0.325. The van der Waals surface area contributed by atoms with Crippen molar-refractivity contribution in [3.05, 3.63) is 36.4 Å². The number of carbonyl (C=O) groups excluding carboxylic acids is 2. The zero-order chi connectivity index (χ0) is 16.1. The van der Waals surface area contributed by atoms with Gasteiger partial charge in [0.25, 0.3) is 0 Å². The van der Waals surface area contributed by atoms with E-state index in [0.29, 0.717) is 23.7 Å². The first kappa shape index (κ1) is 15.6. The first-order valence-corrected chi connectivity index (χ1v) is 8.34. The topological polar surface area (TPSA) is 61.4 Å². The number of carbonyl (C=O) groups is 2. The number of allylic oxidation sites excluding steroid dienone is 2. The molecule has 1 aliphatic carbocycles. The van der Waals surface area contributed by atoms with E-state index in [9.17, 15) is 9.59 Å². The van der Waals surface area contributed by atoms with Gasteiger partial charge in [0.1, 0.15) is 0 Å². The average molecular weight is 313 g/mol. The molecule has 0 bridgehead atoms. The molecule has 1 aliphatic heterocycles. The molecule has 2 aliphatic rings. The SMILES string of the molecule is O=C(C[C@@H]1C=CCC1)Nc1ccccc1NC(=O)N1CCCC1. The summed E-state index contributed by atoms with van der Waals surface area (Å²) in [5.41, 5.74) is 1.31. The molecule has 3 rings (SSSR count). The van der Waals surface area contributed by atoms with Crippen molar-refractivity contribution in [2.45, 2.75) is 32.1 Å². The molecule has 122 valence electrons. The van der Waals surface area contributed by atoms with Crippen LogP contribution in [0.15, 0.2) is 36.4 Å². The Bertz CT molecular complexity index is 606. The van der Waals surface area contributed by atoms with Crippen LogP contribution in [0.4, 0.5) is 16.2 Å². The third-order valence-corrected chi connectivity index (χ3v) is 4.40. The van der Waals surface area contributed by atoms with Gasteiger partial charge in [-0.25, -0.2) is 4.79 Å². The summed E-state index contributed by atoms with van der Waals surface area (Å²) in [7, 11) is 0. The number of hydrogen-bond donors (Lipinski definition) is 2. The van der Waals surface area contributed by atoms with Crippen LogP contribution in [0.25, 0.3) is 0 Å². The smallest absolute Gasteiger partial charge is 0.321 e. The largest absolute Gasteiger partial charge is 0.325 e. The lowest BCUT2D eigenvalue weighted by Gasteiger charge is -2.18. The number of amides is 3. The number of nitrogens with one attached hydrogen (secondary N) is 2. The molecule has 1 fully saturated rings. The maximum absolute atomic E-state index is 12.2. The molecule has 1 aromatic rings.